The summed E-state index contributed by atoms with van der Waals surface area (Å²) in [7, 11) is 1.68. The Balaban J connectivity index is 1.58. The molecule has 0 saturated carbocycles. The summed E-state index contributed by atoms with van der Waals surface area (Å²) in [6, 6.07) is 13.5. The Morgan fingerprint density at radius 3 is 2.50 bits per heavy atom. The Morgan fingerprint density at radius 1 is 1.12 bits per heavy atom. The Hall–Kier alpha value is -3.43. The first-order valence-electron chi connectivity index (χ1n) is 13.9. The van der Waals surface area contributed by atoms with E-state index in [9.17, 15) is 14.7 Å². The lowest BCUT2D eigenvalue weighted by atomic mass is 9.84. The third-order valence-corrected chi connectivity index (χ3v) is 7.90. The molecular weight excluding hydrogens is 510 g/mol. The summed E-state index contributed by atoms with van der Waals surface area (Å²) in [4.78, 5) is 28.5. The van der Waals surface area contributed by atoms with Crippen LogP contribution < -0.4 is 4.90 Å². The molecule has 216 valence electrons. The van der Waals surface area contributed by atoms with Crippen LogP contribution in [0.2, 0.25) is 0 Å². The molecule has 2 aromatic carbocycles. The third-order valence-electron chi connectivity index (χ3n) is 7.90. The zero-order valence-corrected chi connectivity index (χ0v) is 23.9. The summed E-state index contributed by atoms with van der Waals surface area (Å²) in [5.41, 5.74) is 2.35. The van der Waals surface area contributed by atoms with Crippen molar-refractivity contribution in [1.29, 1.82) is 5.41 Å². The van der Waals surface area contributed by atoms with Crippen LogP contribution in [0.1, 0.15) is 61.0 Å². The number of carboxylic acid groups (broad SMARTS) is 1. The number of hydrogen-bond acceptors (Lipinski definition) is 7. The number of ketones is 1. The molecule has 40 heavy (non-hydrogen) atoms. The molecule has 4 rings (SSSR count). The molecule has 2 aromatic rings. The minimum Gasteiger partial charge on any atom is -0.505 e. The first-order valence-corrected chi connectivity index (χ1v) is 13.9. The van der Waals surface area contributed by atoms with E-state index in [-0.39, 0.29) is 42.6 Å². The Morgan fingerprint density at radius 2 is 1.85 bits per heavy atom. The van der Waals surface area contributed by atoms with Crippen molar-refractivity contribution in [2.75, 3.05) is 51.4 Å². The maximum absolute atomic E-state index is 13.8. The highest BCUT2D eigenvalue weighted by molar-refractivity contribution is 6.02. The lowest BCUT2D eigenvalue weighted by Gasteiger charge is -2.27. The van der Waals surface area contributed by atoms with Gasteiger partial charge in [0.2, 0.25) is 0 Å². The van der Waals surface area contributed by atoms with Crippen molar-refractivity contribution < 1.29 is 29.3 Å². The van der Waals surface area contributed by atoms with Gasteiger partial charge in [0.15, 0.2) is 5.78 Å². The fourth-order valence-electron chi connectivity index (χ4n) is 5.80. The number of amidine groups is 1. The molecule has 3 N–H and O–H groups in total. The summed E-state index contributed by atoms with van der Waals surface area (Å²) >= 11 is 0. The number of Topliss-reactive ketones (excluding diaryl/α,β-unsaturated/α-hetero) is 1. The van der Waals surface area contributed by atoms with Crippen molar-refractivity contribution >= 4 is 23.3 Å². The van der Waals surface area contributed by atoms with Crippen LogP contribution in [0.3, 0.4) is 0 Å². The number of carbonyl (C=O) groups is 2. The predicted octanol–water partition coefficient (Wildman–Crippen LogP) is 4.28. The predicted molar refractivity (Wildman–Crippen MR) is 154 cm³/mol. The van der Waals surface area contributed by atoms with Gasteiger partial charge in [0.1, 0.15) is 18.2 Å². The standard InChI is InChI=1S/C31H41N3O6/c1-31(2,3)24-14-22(15-25(29(24)38)33-12-10-23(17-33)40-19-27(36)37)26(35)18-34-16-21(11-13-39-4)28(30(34)32)20-8-6-5-7-9-20/h5-9,14-15,21,23,28,32,38H,10-13,16-19H2,1-4H3,(H,36,37)/t21-,23?,28+/m0/s1. The molecular formula is C31H41N3O6. The van der Waals surface area contributed by atoms with Crippen molar-refractivity contribution in [3.8, 4) is 5.75 Å². The fraction of sp³-hybridized carbons (Fsp3) is 0.516. The summed E-state index contributed by atoms with van der Waals surface area (Å²) in [6.07, 6.45) is 1.16. The number of ether oxygens (including phenoxy) is 2. The summed E-state index contributed by atoms with van der Waals surface area (Å²) in [5, 5.41) is 29.2. The van der Waals surface area contributed by atoms with Gasteiger partial charge in [0, 0.05) is 50.4 Å². The summed E-state index contributed by atoms with van der Waals surface area (Å²) < 4.78 is 10.8. The van der Waals surface area contributed by atoms with E-state index >= 15 is 0 Å². The molecule has 2 fully saturated rings. The van der Waals surface area contributed by atoms with E-state index < -0.39 is 11.4 Å². The third kappa shape index (κ3) is 6.64. The van der Waals surface area contributed by atoms with Crippen molar-refractivity contribution in [1.82, 2.24) is 4.90 Å². The van der Waals surface area contributed by atoms with Gasteiger partial charge in [-0.3, -0.25) is 10.2 Å². The van der Waals surface area contributed by atoms with Crippen LogP contribution in [0.5, 0.6) is 5.75 Å². The lowest BCUT2D eigenvalue weighted by Crippen LogP contribution is -2.32. The van der Waals surface area contributed by atoms with E-state index in [2.05, 4.69) is 0 Å². The van der Waals surface area contributed by atoms with Gasteiger partial charge in [-0.15, -0.1) is 0 Å². The number of benzene rings is 2. The Kier molecular flexibility index (Phi) is 9.15. The molecule has 0 radical (unpaired) electrons. The van der Waals surface area contributed by atoms with E-state index in [0.717, 1.165) is 12.0 Å². The fourth-order valence-corrected chi connectivity index (χ4v) is 5.80. The smallest absolute Gasteiger partial charge is 0.329 e. The van der Waals surface area contributed by atoms with Crippen LogP contribution in [0.15, 0.2) is 42.5 Å². The second-order valence-corrected chi connectivity index (χ2v) is 11.8. The largest absolute Gasteiger partial charge is 0.505 e. The van der Waals surface area contributed by atoms with Crippen LogP contribution in [-0.2, 0) is 19.7 Å². The number of aliphatic carboxylic acids is 1. The number of phenols is 1. The maximum atomic E-state index is 13.8. The van der Waals surface area contributed by atoms with E-state index in [1.165, 1.54) is 0 Å². The highest BCUT2D eigenvalue weighted by Crippen LogP contribution is 2.41. The number of hydrogen-bond donors (Lipinski definition) is 3. The van der Waals surface area contributed by atoms with Crippen LogP contribution in [-0.4, -0.2) is 85.3 Å². The van der Waals surface area contributed by atoms with Crippen molar-refractivity contribution in [3.05, 3.63) is 59.2 Å². The second-order valence-electron chi connectivity index (χ2n) is 11.8. The molecule has 1 unspecified atom stereocenters. The molecule has 3 atom stereocenters. The topological polar surface area (TPSA) is 123 Å². The first-order chi connectivity index (χ1) is 19.0. The zero-order chi connectivity index (χ0) is 29.0. The van der Waals surface area contributed by atoms with Gasteiger partial charge in [-0.05, 0) is 41.9 Å². The Bertz CT molecular complexity index is 1230. The van der Waals surface area contributed by atoms with Crippen LogP contribution in [0.4, 0.5) is 5.69 Å². The van der Waals surface area contributed by atoms with E-state index in [1.807, 2.05) is 60.9 Å². The molecule has 0 spiro atoms. The zero-order valence-electron chi connectivity index (χ0n) is 23.9. The van der Waals surface area contributed by atoms with E-state index in [0.29, 0.717) is 55.3 Å². The number of nitrogens with one attached hydrogen (secondary N) is 1. The monoisotopic (exact) mass is 551 g/mol. The molecule has 0 aliphatic carbocycles. The van der Waals surface area contributed by atoms with Crippen molar-refractivity contribution in [2.24, 2.45) is 5.92 Å². The molecule has 0 bridgehead atoms. The number of likely N-dealkylation sites (tertiary alicyclic amines) is 1. The van der Waals surface area contributed by atoms with Crippen molar-refractivity contribution in [3.63, 3.8) is 0 Å². The normalized spacial score (nSPS) is 21.3. The van der Waals surface area contributed by atoms with Gasteiger partial charge >= 0.3 is 5.97 Å². The maximum Gasteiger partial charge on any atom is 0.329 e. The van der Waals surface area contributed by atoms with Crippen LogP contribution in [0, 0.1) is 11.3 Å². The molecule has 9 heteroatoms. The van der Waals surface area contributed by atoms with Gasteiger partial charge in [-0.2, -0.15) is 0 Å². The number of carbonyl (C=O) groups excluding carboxylic acids is 1. The quantitative estimate of drug-likeness (QED) is 0.354. The van der Waals surface area contributed by atoms with E-state index in [1.54, 1.807) is 19.2 Å². The average molecular weight is 552 g/mol. The SMILES string of the molecule is COCC[C@H]1CN(CC(=O)c2cc(N3CCC(OCC(=O)O)C3)c(O)c(C(C)(C)C)c2)C(=N)[C@@H]1c1ccccc1. The van der Waals surface area contributed by atoms with Gasteiger partial charge in [-0.1, -0.05) is 51.1 Å². The molecule has 2 heterocycles. The number of methoxy groups -OCH3 is 1. The molecule has 0 amide bonds. The van der Waals surface area contributed by atoms with E-state index in [4.69, 9.17) is 20.0 Å². The number of rotatable bonds is 11. The minimum absolute atomic E-state index is 0.0732. The average Bonchev–Trinajstić information content (AvgIpc) is 3.50. The summed E-state index contributed by atoms with van der Waals surface area (Å²) in [6.45, 7) is 7.87. The number of phenolic OH excluding ortho intramolecular Hbond substituents is 1. The van der Waals surface area contributed by atoms with Gasteiger partial charge in [-0.25, -0.2) is 4.79 Å². The van der Waals surface area contributed by atoms with Crippen molar-refractivity contribution in [2.45, 2.75) is 51.0 Å². The molecule has 2 aliphatic rings. The number of nitrogens with zero attached hydrogens (tertiary/aromatic N) is 2. The van der Waals surface area contributed by atoms with Crippen LogP contribution >= 0.6 is 0 Å². The van der Waals surface area contributed by atoms with Gasteiger partial charge < -0.3 is 29.5 Å². The second kappa shape index (κ2) is 12.4. The number of aromatic hydroxyl groups is 1. The molecule has 2 aliphatic heterocycles. The van der Waals surface area contributed by atoms with Gasteiger partial charge in [0.25, 0.3) is 0 Å². The minimum atomic E-state index is -1.02. The highest BCUT2D eigenvalue weighted by Gasteiger charge is 2.39. The highest BCUT2D eigenvalue weighted by atomic mass is 16.5. The Labute approximate surface area is 236 Å². The number of anilines is 1. The summed E-state index contributed by atoms with van der Waals surface area (Å²) in [5.74, 6) is -0.509. The molecule has 2 saturated heterocycles. The lowest BCUT2D eigenvalue weighted by molar-refractivity contribution is -0.143. The first kappa shape index (κ1) is 29.6. The van der Waals surface area contributed by atoms with Crippen LogP contribution in [0.25, 0.3) is 0 Å². The number of carboxylic acids is 1. The van der Waals surface area contributed by atoms with Gasteiger partial charge in [0.05, 0.1) is 18.3 Å². The molecule has 9 nitrogen and oxygen atoms in total. The molecule has 0 aromatic heterocycles.